The van der Waals surface area contributed by atoms with Crippen LogP contribution in [0.1, 0.15) is 0 Å². The van der Waals surface area contributed by atoms with Gasteiger partial charge < -0.3 is 5.32 Å². The molecule has 3 saturated heterocycles. The van der Waals surface area contributed by atoms with Crippen molar-refractivity contribution in [2.75, 3.05) is 44.6 Å². The first-order valence-corrected chi connectivity index (χ1v) is 8.09. The number of piperazine rings is 3. The van der Waals surface area contributed by atoms with Crippen LogP contribution >= 0.6 is 40.8 Å². The number of nitrogens with zero attached hydrogens (tertiary/aromatic N) is 2. The van der Waals surface area contributed by atoms with Gasteiger partial charge in [0.05, 0.1) is 5.69 Å². The van der Waals surface area contributed by atoms with Crippen LogP contribution < -0.4 is 5.32 Å². The fourth-order valence-electron chi connectivity index (χ4n) is 2.23. The zero-order chi connectivity index (χ0) is 14.5. The second kappa shape index (κ2) is 7.70. The van der Waals surface area contributed by atoms with Crippen LogP contribution in [0.4, 0.5) is 10.1 Å². The molecule has 3 fully saturated rings. The maximum Gasteiger partial charge on any atom is 0.147 e. The molecule has 2 bridgehead atoms. The Hall–Kier alpha value is -0.210. The molecule has 3 heterocycles. The molecule has 1 N–H and O–H groups in total. The molecule has 0 radical (unpaired) electrons. The van der Waals surface area contributed by atoms with Crippen LogP contribution in [0.2, 0.25) is 0 Å². The summed E-state index contributed by atoms with van der Waals surface area (Å²) in [4.78, 5) is 5.08. The van der Waals surface area contributed by atoms with Gasteiger partial charge in [0.1, 0.15) is 10.1 Å². The van der Waals surface area contributed by atoms with Crippen LogP contribution in [0.3, 0.4) is 0 Å². The van der Waals surface area contributed by atoms with Gasteiger partial charge in [0, 0.05) is 43.7 Å². The molecule has 3 nitrogen and oxygen atoms in total. The van der Waals surface area contributed by atoms with Crippen molar-refractivity contribution >= 4 is 50.8 Å². The molecule has 110 valence electrons. The average Bonchev–Trinajstić information content (AvgIpc) is 2.44. The van der Waals surface area contributed by atoms with E-state index in [0.29, 0.717) is 10.2 Å². The molecule has 3 aliphatic heterocycles. The molecule has 20 heavy (non-hydrogen) atoms. The molecule has 0 aromatic heterocycles. The van der Waals surface area contributed by atoms with E-state index in [1.807, 2.05) is 0 Å². The second-order valence-corrected chi connectivity index (χ2v) is 6.81. The van der Waals surface area contributed by atoms with Crippen molar-refractivity contribution in [3.63, 3.8) is 0 Å². The van der Waals surface area contributed by atoms with Crippen LogP contribution in [-0.4, -0.2) is 53.4 Å². The summed E-state index contributed by atoms with van der Waals surface area (Å²) in [5.41, 5.74) is 0.332. The molecule has 0 spiro atoms. The van der Waals surface area contributed by atoms with Gasteiger partial charge in [-0.3, -0.25) is 9.80 Å². The molecule has 0 unspecified atom stereocenters. The van der Waals surface area contributed by atoms with E-state index in [1.54, 1.807) is 12.1 Å². The van der Waals surface area contributed by atoms with E-state index in [0.717, 1.165) is 0 Å². The van der Waals surface area contributed by atoms with E-state index in [-0.39, 0.29) is 10.1 Å². The molecule has 7 heteroatoms. The lowest BCUT2D eigenvalue weighted by Gasteiger charge is -2.41. The Balaban J connectivity index is 0.000000157. The van der Waals surface area contributed by atoms with Gasteiger partial charge in [-0.1, -0.05) is 28.1 Å². The molecule has 4 rings (SSSR count). The fraction of sp³-hybridized carbons (Fsp3) is 0.462. The Kier molecular flexibility index (Phi) is 6.22. The van der Waals surface area contributed by atoms with E-state index >= 15 is 0 Å². The highest BCUT2D eigenvalue weighted by Gasteiger charge is 2.21. The van der Waals surface area contributed by atoms with Crippen molar-refractivity contribution in [3.8, 4) is 0 Å². The van der Waals surface area contributed by atoms with Gasteiger partial charge >= 0.3 is 0 Å². The molecule has 0 aliphatic carbocycles. The van der Waals surface area contributed by atoms with E-state index in [1.165, 1.54) is 45.3 Å². The largest absolute Gasteiger partial charge is 0.339 e. The first kappa shape index (κ1) is 16.2. The van der Waals surface area contributed by atoms with Gasteiger partial charge in [0.2, 0.25) is 0 Å². The van der Waals surface area contributed by atoms with Gasteiger partial charge in [0.25, 0.3) is 0 Å². The number of nitrogens with one attached hydrogen (secondary N) is 1. The molecule has 3 aliphatic rings. The van der Waals surface area contributed by atoms with Crippen molar-refractivity contribution in [2.24, 2.45) is 0 Å². The van der Waals surface area contributed by atoms with Crippen LogP contribution in [0.25, 0.3) is 0 Å². The van der Waals surface area contributed by atoms with Crippen LogP contribution in [0, 0.1) is 5.82 Å². The lowest BCUT2D eigenvalue weighted by Crippen LogP contribution is -2.55. The standard InChI is InChI=1S/C7H5BrFNS2.C6H12N2/c8-4-1-2-6(5(9)3-4)10-7(11)12;1-2-8-5-3-7(1)4-6-8/h1-3H,(H2,10,11,12);1-6H2. The molecule has 0 amide bonds. The number of benzene rings is 1. The summed E-state index contributed by atoms with van der Waals surface area (Å²) in [5, 5.41) is 2.60. The van der Waals surface area contributed by atoms with Crippen LogP contribution in [-0.2, 0) is 0 Å². The Morgan fingerprint density at radius 2 is 1.65 bits per heavy atom. The first-order valence-electron chi connectivity index (χ1n) is 6.44. The summed E-state index contributed by atoms with van der Waals surface area (Å²) in [5.74, 6) is -0.360. The van der Waals surface area contributed by atoms with E-state index in [9.17, 15) is 4.39 Å². The highest BCUT2D eigenvalue weighted by atomic mass is 79.9. The summed E-state index contributed by atoms with van der Waals surface area (Å²) >= 11 is 11.6. The number of rotatable bonds is 1. The monoisotopic (exact) mass is 377 g/mol. The smallest absolute Gasteiger partial charge is 0.147 e. The summed E-state index contributed by atoms with van der Waals surface area (Å²) in [6, 6.07) is 4.66. The zero-order valence-electron chi connectivity index (χ0n) is 11.0. The lowest BCUT2D eigenvalue weighted by atomic mass is 10.2. The number of thiocarbonyl (C=S) groups is 1. The van der Waals surface area contributed by atoms with Gasteiger partial charge in [0.15, 0.2) is 0 Å². The highest BCUT2D eigenvalue weighted by Crippen LogP contribution is 2.19. The maximum absolute atomic E-state index is 13.0. The zero-order valence-corrected chi connectivity index (χ0v) is 14.3. The van der Waals surface area contributed by atoms with E-state index < -0.39 is 0 Å². The highest BCUT2D eigenvalue weighted by molar-refractivity contribution is 9.10. The Bertz CT molecular complexity index is 456. The number of anilines is 1. The Morgan fingerprint density at radius 3 is 2.00 bits per heavy atom. The predicted octanol–water partition coefficient (Wildman–Crippen LogP) is 2.83. The molecule has 1 aromatic carbocycles. The summed E-state index contributed by atoms with van der Waals surface area (Å²) in [6.45, 7) is 7.92. The van der Waals surface area contributed by atoms with Crippen LogP contribution in [0.5, 0.6) is 0 Å². The molecule has 1 aromatic rings. The molecule has 0 saturated carbocycles. The van der Waals surface area contributed by atoms with Crippen molar-refractivity contribution in [3.05, 3.63) is 28.5 Å². The SMILES string of the molecule is C1CN2CCN1CC2.Fc1cc(Br)ccc1NC(=S)S. The van der Waals surface area contributed by atoms with E-state index in [4.69, 9.17) is 0 Å². The number of hydrogen-bond donors (Lipinski definition) is 2. The Labute approximate surface area is 138 Å². The number of halogens is 2. The minimum absolute atomic E-state index is 0.247. The summed E-state index contributed by atoms with van der Waals surface area (Å²) in [6.07, 6.45) is 0. The first-order chi connectivity index (χ1) is 9.54. The molecule has 0 atom stereocenters. The maximum atomic E-state index is 13.0. The predicted molar refractivity (Wildman–Crippen MR) is 92.2 cm³/mol. The van der Waals surface area contributed by atoms with Gasteiger partial charge in [-0.2, -0.15) is 0 Å². The third-order valence-electron chi connectivity index (χ3n) is 3.37. The number of hydrogen-bond acceptors (Lipinski definition) is 3. The van der Waals surface area contributed by atoms with Gasteiger partial charge in [-0.05, 0) is 18.2 Å². The average molecular weight is 378 g/mol. The summed E-state index contributed by atoms with van der Waals surface area (Å²) < 4.78 is 14.0. The third-order valence-corrected chi connectivity index (χ3v) is 4.08. The number of thiol groups is 1. The van der Waals surface area contributed by atoms with Gasteiger partial charge in [-0.25, -0.2) is 4.39 Å². The van der Waals surface area contributed by atoms with Crippen molar-refractivity contribution in [2.45, 2.75) is 0 Å². The quantitative estimate of drug-likeness (QED) is 0.578. The molecular weight excluding hydrogens is 361 g/mol. The Morgan fingerprint density at radius 1 is 1.15 bits per heavy atom. The fourth-order valence-corrected chi connectivity index (χ4v) is 2.79. The second-order valence-electron chi connectivity index (χ2n) is 4.74. The van der Waals surface area contributed by atoms with Crippen LogP contribution in [0.15, 0.2) is 22.7 Å². The number of fused-ring (bicyclic) bond motifs is 3. The van der Waals surface area contributed by atoms with E-state index in [2.05, 4.69) is 55.9 Å². The third kappa shape index (κ3) is 4.96. The molecular formula is C13H17BrFN3S2. The van der Waals surface area contributed by atoms with Crippen molar-refractivity contribution < 1.29 is 4.39 Å². The normalized spacial score (nSPS) is 23.8. The minimum atomic E-state index is -0.360. The summed E-state index contributed by atoms with van der Waals surface area (Å²) in [7, 11) is 0. The van der Waals surface area contributed by atoms with Crippen molar-refractivity contribution in [1.29, 1.82) is 0 Å². The topological polar surface area (TPSA) is 18.5 Å². The van der Waals surface area contributed by atoms with Gasteiger partial charge in [-0.15, -0.1) is 12.6 Å². The van der Waals surface area contributed by atoms with Crippen molar-refractivity contribution in [1.82, 2.24) is 9.80 Å². The lowest BCUT2D eigenvalue weighted by molar-refractivity contribution is 0.0647. The minimum Gasteiger partial charge on any atom is -0.339 e.